The van der Waals surface area contributed by atoms with Crippen LogP contribution < -0.4 is 0 Å². The maximum atomic E-state index is 5.95. The molecule has 2 rings (SSSR count). The molecule has 1 radical (unpaired) electrons. The predicted molar refractivity (Wildman–Crippen MR) is 203 cm³/mol. The Labute approximate surface area is 301 Å². The zero-order chi connectivity index (χ0) is 34.7. The third-order valence-corrected chi connectivity index (χ3v) is 10.2. The molecule has 3 heteroatoms. The first-order valence-electron chi connectivity index (χ1n) is 17.1. The maximum Gasteiger partial charge on any atom is 0.0819 e. The Morgan fingerprint density at radius 1 is 0.617 bits per heavy atom. The van der Waals surface area contributed by atoms with Crippen molar-refractivity contribution in [3.63, 3.8) is 0 Å². The maximum absolute atomic E-state index is 5.95. The number of ether oxygens (including phenoxy) is 2. The molecule has 0 aliphatic heterocycles. The summed E-state index contributed by atoms with van der Waals surface area (Å²) in [7, 11) is 3.65. The smallest absolute Gasteiger partial charge is 0.0819 e. The molecule has 47 heavy (non-hydrogen) atoms. The fraction of sp³-hybridized carbons (Fsp3) is 0.500. The van der Waals surface area contributed by atoms with Gasteiger partial charge in [0.1, 0.15) is 0 Å². The Morgan fingerprint density at radius 2 is 0.957 bits per heavy atom. The first kappa shape index (κ1) is 42.7. The summed E-state index contributed by atoms with van der Waals surface area (Å²) >= 11 is 0. The van der Waals surface area contributed by atoms with E-state index in [1.54, 1.807) is 0 Å². The van der Waals surface area contributed by atoms with Crippen molar-refractivity contribution < 1.29 is 28.0 Å². The summed E-state index contributed by atoms with van der Waals surface area (Å²) in [5.41, 5.74) is 13.9. The quantitative estimate of drug-likeness (QED) is 0.171. The minimum atomic E-state index is 0. The van der Waals surface area contributed by atoms with Crippen molar-refractivity contribution in [3.8, 4) is 0 Å². The Hall–Kier alpha value is -2.36. The van der Waals surface area contributed by atoms with E-state index in [1.165, 1.54) is 55.7 Å². The second-order valence-corrected chi connectivity index (χ2v) is 14.8. The largest absolute Gasteiger partial charge is 0.377 e. The molecule has 0 N–H and O–H groups in total. The second-order valence-electron chi connectivity index (χ2n) is 14.8. The molecule has 0 fully saturated rings. The molecule has 2 nitrogen and oxygen atoms in total. The Kier molecular flexibility index (Phi) is 17.8. The van der Waals surface area contributed by atoms with Crippen LogP contribution in [0.15, 0.2) is 129 Å². The Morgan fingerprint density at radius 3 is 1.28 bits per heavy atom. The average Bonchev–Trinajstić information content (AvgIpc) is 2.99. The van der Waals surface area contributed by atoms with Crippen LogP contribution in [0.2, 0.25) is 0 Å². The van der Waals surface area contributed by atoms with Gasteiger partial charge in [-0.25, -0.2) is 0 Å². The van der Waals surface area contributed by atoms with Gasteiger partial charge in [-0.1, -0.05) is 134 Å². The molecule has 0 saturated carbocycles. The molecule has 2 aliphatic carbocycles. The van der Waals surface area contributed by atoms with Gasteiger partial charge in [0, 0.05) is 32.8 Å². The van der Waals surface area contributed by atoms with Crippen LogP contribution in [0.3, 0.4) is 0 Å². The molecule has 0 spiro atoms. The predicted octanol–water partition coefficient (Wildman–Crippen LogP) is 12.6. The van der Waals surface area contributed by atoms with Crippen LogP contribution in [0.4, 0.5) is 0 Å². The fourth-order valence-electron chi connectivity index (χ4n) is 6.39. The van der Waals surface area contributed by atoms with Crippen molar-refractivity contribution in [3.05, 3.63) is 129 Å². The SMILES string of the molecule is COC(CC1=C(C)C(C)=CCC1(C)C)/C(C)=C/C=C/C(C)=C/C=C/C=C(C)/C=C/C=C(\C)C(CC1=C(C)C(C)=CCC1(C)C)OC.[V]. The molecule has 0 aromatic carbocycles. The van der Waals surface area contributed by atoms with E-state index < -0.39 is 0 Å². The molecule has 2 atom stereocenters. The number of methoxy groups -OCH3 is 2. The second kappa shape index (κ2) is 19.6. The van der Waals surface area contributed by atoms with Crippen molar-refractivity contribution in [2.24, 2.45) is 10.8 Å². The zero-order valence-electron chi connectivity index (χ0n) is 32.2. The minimum absolute atomic E-state index is 0. The number of allylic oxidation sites excluding steroid dienone is 18. The molecule has 257 valence electrons. The van der Waals surface area contributed by atoms with Crippen LogP contribution in [0.5, 0.6) is 0 Å². The van der Waals surface area contributed by atoms with E-state index in [2.05, 4.69) is 156 Å². The third kappa shape index (κ3) is 12.9. The van der Waals surface area contributed by atoms with E-state index in [4.69, 9.17) is 9.47 Å². The molecule has 0 amide bonds. The summed E-state index contributed by atoms with van der Waals surface area (Å²) in [5.74, 6) is 0. The van der Waals surface area contributed by atoms with Gasteiger partial charge in [0.05, 0.1) is 12.2 Å². The van der Waals surface area contributed by atoms with Crippen molar-refractivity contribution in [2.75, 3.05) is 14.2 Å². The molecule has 0 bridgehead atoms. The first-order chi connectivity index (χ1) is 21.5. The van der Waals surface area contributed by atoms with E-state index in [0.29, 0.717) is 0 Å². The van der Waals surface area contributed by atoms with Crippen molar-refractivity contribution >= 4 is 0 Å². The van der Waals surface area contributed by atoms with Crippen LogP contribution in [0, 0.1) is 10.8 Å². The van der Waals surface area contributed by atoms with Gasteiger partial charge < -0.3 is 9.47 Å². The standard InChI is InChI=1S/C44H64O2.V/c1-31(21-17-23-35(5)41(45-13)29-39-37(7)33(3)25-27-43(39,9)10)19-15-16-20-32(2)22-18-24-36(6)42(46-14)30-40-38(8)34(4)26-28-44(40,11)12;/h15-26,41-42H,27-30H2,1-14H3;/b16-15+,21-17+,22-18+,31-19+,32-20+,35-23+,36-24+;. The van der Waals surface area contributed by atoms with Crippen LogP contribution in [-0.4, -0.2) is 26.4 Å². The molecule has 0 saturated heterocycles. The van der Waals surface area contributed by atoms with Gasteiger partial charge in [0.2, 0.25) is 0 Å². The van der Waals surface area contributed by atoms with Gasteiger partial charge in [-0.3, -0.25) is 0 Å². The van der Waals surface area contributed by atoms with Gasteiger partial charge in [-0.15, -0.1) is 0 Å². The summed E-state index contributed by atoms with van der Waals surface area (Å²) < 4.78 is 11.9. The fourth-order valence-corrected chi connectivity index (χ4v) is 6.39. The zero-order valence-corrected chi connectivity index (χ0v) is 33.6. The van der Waals surface area contributed by atoms with Gasteiger partial charge in [0.15, 0.2) is 0 Å². The molecular weight excluding hydrogens is 611 g/mol. The number of rotatable bonds is 14. The number of hydrogen-bond donors (Lipinski definition) is 0. The Balaban J connectivity index is 0.0000110. The first-order valence-corrected chi connectivity index (χ1v) is 17.1. The molecule has 0 aromatic heterocycles. The van der Waals surface area contributed by atoms with E-state index in [1.807, 2.05) is 14.2 Å². The normalized spacial score (nSPS) is 21.1. The third-order valence-electron chi connectivity index (χ3n) is 10.2. The average molecular weight is 676 g/mol. The van der Waals surface area contributed by atoms with Gasteiger partial charge in [-0.2, -0.15) is 0 Å². The van der Waals surface area contributed by atoms with E-state index in [9.17, 15) is 0 Å². The van der Waals surface area contributed by atoms with Crippen LogP contribution >= 0.6 is 0 Å². The van der Waals surface area contributed by atoms with E-state index in [-0.39, 0.29) is 41.6 Å². The van der Waals surface area contributed by atoms with Gasteiger partial charge in [0.25, 0.3) is 0 Å². The summed E-state index contributed by atoms with van der Waals surface area (Å²) in [6.45, 7) is 27.0. The Bertz CT molecular complexity index is 1310. The van der Waals surface area contributed by atoms with E-state index >= 15 is 0 Å². The monoisotopic (exact) mass is 675 g/mol. The van der Waals surface area contributed by atoms with Gasteiger partial charge >= 0.3 is 0 Å². The topological polar surface area (TPSA) is 18.5 Å². The van der Waals surface area contributed by atoms with E-state index in [0.717, 1.165) is 25.7 Å². The van der Waals surface area contributed by atoms with Gasteiger partial charge in [-0.05, 0) is 114 Å². The molecule has 2 unspecified atom stereocenters. The van der Waals surface area contributed by atoms with Crippen molar-refractivity contribution in [1.29, 1.82) is 0 Å². The summed E-state index contributed by atoms with van der Waals surface area (Å²) in [4.78, 5) is 0. The number of hydrogen-bond acceptors (Lipinski definition) is 2. The summed E-state index contributed by atoms with van der Waals surface area (Å²) in [6.07, 6.45) is 30.4. The van der Waals surface area contributed by atoms with Crippen molar-refractivity contribution in [2.45, 2.75) is 121 Å². The van der Waals surface area contributed by atoms with Crippen molar-refractivity contribution in [1.82, 2.24) is 0 Å². The van der Waals surface area contributed by atoms with Crippen LogP contribution in [-0.2, 0) is 28.0 Å². The summed E-state index contributed by atoms with van der Waals surface area (Å²) in [5, 5.41) is 0. The molecule has 0 aromatic rings. The minimum Gasteiger partial charge on any atom is -0.377 e. The molecule has 0 heterocycles. The summed E-state index contributed by atoms with van der Waals surface area (Å²) in [6, 6.07) is 0. The van der Waals surface area contributed by atoms with Crippen LogP contribution in [0.1, 0.15) is 109 Å². The molecular formula is C44H64O2V. The molecule has 2 aliphatic rings. The van der Waals surface area contributed by atoms with Crippen LogP contribution in [0.25, 0.3) is 0 Å².